The molecule has 1 aromatic carbocycles. The first-order chi connectivity index (χ1) is 11.1. The molecule has 1 amide bonds. The molecule has 0 spiro atoms. The van der Waals surface area contributed by atoms with Crippen LogP contribution < -0.4 is 10.6 Å². The summed E-state index contributed by atoms with van der Waals surface area (Å²) in [6, 6.07) is 5.57. The van der Waals surface area contributed by atoms with Crippen LogP contribution in [-0.2, 0) is 11.2 Å². The molecular weight excluding hydrogens is 337 g/mol. The van der Waals surface area contributed by atoms with Crippen molar-refractivity contribution in [3.63, 3.8) is 0 Å². The van der Waals surface area contributed by atoms with Crippen LogP contribution in [0.5, 0.6) is 0 Å². The number of nitrogens with one attached hydrogen (secondary N) is 2. The molecule has 0 bridgehead atoms. The largest absolute Gasteiger partial charge is 0.444 e. The molecule has 0 aliphatic carbocycles. The molecule has 2 aromatic rings. The first-order valence-corrected chi connectivity index (χ1v) is 7.51. The Bertz CT molecular complexity index is 677. The Morgan fingerprint density at radius 1 is 1.42 bits per heavy atom. The van der Waals surface area contributed by atoms with E-state index in [0.717, 1.165) is 0 Å². The van der Waals surface area contributed by atoms with Crippen LogP contribution in [0.4, 0.5) is 4.39 Å². The van der Waals surface area contributed by atoms with E-state index in [9.17, 15) is 14.3 Å². The summed E-state index contributed by atoms with van der Waals surface area (Å²) >= 11 is 0. The van der Waals surface area contributed by atoms with Crippen molar-refractivity contribution >= 4 is 18.3 Å². The number of rotatable bonds is 5. The van der Waals surface area contributed by atoms with E-state index in [1.165, 1.54) is 18.4 Å². The maximum Gasteiger partial charge on any atom is 0.237 e. The Labute approximate surface area is 144 Å². The number of hydrogen-bond acceptors (Lipinski definition) is 5. The SMILES string of the molecule is Cl.O=C(NCCc1coc(-c2ccc(F)cc2)n1)C1CC(O)CN1. The van der Waals surface area contributed by atoms with Gasteiger partial charge in [-0.25, -0.2) is 9.37 Å². The summed E-state index contributed by atoms with van der Waals surface area (Å²) in [5.41, 5.74) is 1.41. The smallest absolute Gasteiger partial charge is 0.237 e. The van der Waals surface area contributed by atoms with Gasteiger partial charge in [-0.2, -0.15) is 0 Å². The first kappa shape index (κ1) is 18.4. The Balaban J connectivity index is 0.00000208. The van der Waals surface area contributed by atoms with E-state index in [-0.39, 0.29) is 30.2 Å². The van der Waals surface area contributed by atoms with Crippen LogP contribution in [-0.4, -0.2) is 41.2 Å². The normalized spacial score (nSPS) is 19.8. The van der Waals surface area contributed by atoms with Crippen molar-refractivity contribution in [3.05, 3.63) is 42.0 Å². The molecule has 3 rings (SSSR count). The standard InChI is InChI=1S/C16H18FN3O3.ClH/c17-11-3-1-10(2-4-11)16-20-12(9-23-16)5-6-18-15(22)14-7-13(21)8-19-14;/h1-4,9,13-14,19,21H,5-8H2,(H,18,22);1H. The van der Waals surface area contributed by atoms with Gasteiger partial charge in [0.1, 0.15) is 12.1 Å². The molecule has 2 unspecified atom stereocenters. The van der Waals surface area contributed by atoms with Crippen LogP contribution in [0, 0.1) is 5.82 Å². The summed E-state index contributed by atoms with van der Waals surface area (Å²) in [5, 5.41) is 15.2. The number of amides is 1. The number of benzene rings is 1. The van der Waals surface area contributed by atoms with Crippen LogP contribution in [0.15, 0.2) is 34.9 Å². The third-order valence-electron chi connectivity index (χ3n) is 3.75. The lowest BCUT2D eigenvalue weighted by atomic mass is 10.2. The molecular formula is C16H19ClFN3O3. The van der Waals surface area contributed by atoms with Crippen LogP contribution in [0.3, 0.4) is 0 Å². The van der Waals surface area contributed by atoms with Gasteiger partial charge in [0.25, 0.3) is 0 Å². The molecule has 1 saturated heterocycles. The van der Waals surface area contributed by atoms with Gasteiger partial charge in [0, 0.05) is 25.1 Å². The van der Waals surface area contributed by atoms with Crippen LogP contribution in [0.1, 0.15) is 12.1 Å². The average molecular weight is 356 g/mol. The van der Waals surface area contributed by atoms with Crippen LogP contribution in [0.25, 0.3) is 11.5 Å². The number of halogens is 2. The van der Waals surface area contributed by atoms with E-state index in [1.807, 2.05) is 0 Å². The number of oxazole rings is 1. The Morgan fingerprint density at radius 2 is 2.17 bits per heavy atom. The van der Waals surface area contributed by atoms with Crippen molar-refractivity contribution < 1.29 is 18.7 Å². The zero-order valence-corrected chi connectivity index (χ0v) is 13.7. The molecule has 1 aliphatic rings. The van der Waals surface area contributed by atoms with Gasteiger partial charge in [0.05, 0.1) is 17.8 Å². The highest BCUT2D eigenvalue weighted by Gasteiger charge is 2.27. The molecule has 0 saturated carbocycles. The molecule has 6 nitrogen and oxygen atoms in total. The number of β-amino-alcohol motifs (C(OH)–C–C–N with tert-alkyl or cyclic N) is 1. The molecule has 3 N–H and O–H groups in total. The Hall–Kier alpha value is -1.96. The minimum atomic E-state index is -0.459. The molecule has 1 aliphatic heterocycles. The predicted octanol–water partition coefficient (Wildman–Crippen LogP) is 1.28. The van der Waals surface area contributed by atoms with Gasteiger partial charge in [0.15, 0.2) is 0 Å². The highest BCUT2D eigenvalue weighted by Crippen LogP contribution is 2.19. The van der Waals surface area contributed by atoms with Crippen LogP contribution >= 0.6 is 12.4 Å². The molecule has 130 valence electrons. The molecule has 8 heteroatoms. The van der Waals surface area contributed by atoms with E-state index in [0.29, 0.717) is 43.1 Å². The molecule has 24 heavy (non-hydrogen) atoms. The fourth-order valence-electron chi connectivity index (χ4n) is 2.50. The number of carbonyl (C=O) groups excluding carboxylic acids is 1. The van der Waals surface area contributed by atoms with Gasteiger partial charge < -0.3 is 20.2 Å². The quantitative estimate of drug-likeness (QED) is 0.752. The number of nitrogens with zero attached hydrogens (tertiary/aromatic N) is 1. The summed E-state index contributed by atoms with van der Waals surface area (Å²) in [6.45, 7) is 0.880. The Morgan fingerprint density at radius 3 is 2.83 bits per heavy atom. The predicted molar refractivity (Wildman–Crippen MR) is 88.3 cm³/mol. The fourth-order valence-corrected chi connectivity index (χ4v) is 2.50. The lowest BCUT2D eigenvalue weighted by molar-refractivity contribution is -0.122. The van der Waals surface area contributed by atoms with Crippen molar-refractivity contribution in [2.75, 3.05) is 13.1 Å². The molecule has 1 aromatic heterocycles. The minimum Gasteiger partial charge on any atom is -0.444 e. The number of hydrogen-bond donors (Lipinski definition) is 3. The van der Waals surface area contributed by atoms with Gasteiger partial charge in [-0.15, -0.1) is 12.4 Å². The summed E-state index contributed by atoms with van der Waals surface area (Å²) in [6.07, 6.45) is 2.04. The van der Waals surface area contributed by atoms with Gasteiger partial charge in [-0.1, -0.05) is 0 Å². The third-order valence-corrected chi connectivity index (χ3v) is 3.75. The number of aromatic nitrogens is 1. The van der Waals surface area contributed by atoms with Crippen molar-refractivity contribution in [1.29, 1.82) is 0 Å². The first-order valence-electron chi connectivity index (χ1n) is 7.51. The molecule has 1 fully saturated rings. The second kappa shape index (κ2) is 8.23. The van der Waals surface area contributed by atoms with E-state index in [4.69, 9.17) is 4.42 Å². The topological polar surface area (TPSA) is 87.4 Å². The zero-order chi connectivity index (χ0) is 16.2. The van der Waals surface area contributed by atoms with E-state index < -0.39 is 6.10 Å². The average Bonchev–Trinajstić information content (AvgIpc) is 3.17. The minimum absolute atomic E-state index is 0. The maximum absolute atomic E-state index is 12.9. The van der Waals surface area contributed by atoms with E-state index in [1.54, 1.807) is 12.1 Å². The van der Waals surface area contributed by atoms with Crippen molar-refractivity contribution in [1.82, 2.24) is 15.6 Å². The molecule has 2 atom stereocenters. The number of carbonyl (C=O) groups is 1. The third kappa shape index (κ3) is 4.53. The molecule has 2 heterocycles. The van der Waals surface area contributed by atoms with Crippen molar-refractivity contribution in [3.8, 4) is 11.5 Å². The van der Waals surface area contributed by atoms with Gasteiger partial charge >= 0.3 is 0 Å². The summed E-state index contributed by atoms with van der Waals surface area (Å²) in [4.78, 5) is 16.2. The van der Waals surface area contributed by atoms with Gasteiger partial charge in [-0.05, 0) is 30.7 Å². The van der Waals surface area contributed by atoms with Crippen LogP contribution in [0.2, 0.25) is 0 Å². The Kier molecular flexibility index (Phi) is 6.30. The summed E-state index contributed by atoms with van der Waals surface area (Å²) < 4.78 is 18.3. The summed E-state index contributed by atoms with van der Waals surface area (Å²) in [5.74, 6) is -0.00964. The van der Waals surface area contributed by atoms with E-state index in [2.05, 4.69) is 15.6 Å². The summed E-state index contributed by atoms with van der Waals surface area (Å²) in [7, 11) is 0. The number of aliphatic hydroxyl groups excluding tert-OH is 1. The van der Waals surface area contributed by atoms with Crippen molar-refractivity contribution in [2.24, 2.45) is 0 Å². The zero-order valence-electron chi connectivity index (χ0n) is 12.9. The fraction of sp³-hybridized carbons (Fsp3) is 0.375. The van der Waals surface area contributed by atoms with Gasteiger partial charge in [0.2, 0.25) is 11.8 Å². The maximum atomic E-state index is 12.9. The lowest BCUT2D eigenvalue weighted by Crippen LogP contribution is -2.41. The van der Waals surface area contributed by atoms with Crippen molar-refractivity contribution in [2.45, 2.75) is 25.0 Å². The highest BCUT2D eigenvalue weighted by atomic mass is 35.5. The monoisotopic (exact) mass is 355 g/mol. The molecule has 0 radical (unpaired) electrons. The van der Waals surface area contributed by atoms with E-state index >= 15 is 0 Å². The number of aliphatic hydroxyl groups is 1. The van der Waals surface area contributed by atoms with Gasteiger partial charge in [-0.3, -0.25) is 4.79 Å². The second-order valence-corrected chi connectivity index (χ2v) is 5.54. The lowest BCUT2D eigenvalue weighted by Gasteiger charge is -2.10. The highest BCUT2D eigenvalue weighted by molar-refractivity contribution is 5.85. The second-order valence-electron chi connectivity index (χ2n) is 5.54.